The van der Waals surface area contributed by atoms with Crippen molar-refractivity contribution in [2.75, 3.05) is 7.11 Å². The van der Waals surface area contributed by atoms with Gasteiger partial charge in [0, 0.05) is 5.56 Å². The number of allylic oxidation sites excluding steroid dienone is 4. The minimum absolute atomic E-state index is 0.0161. The molecule has 110 valence electrons. The summed E-state index contributed by atoms with van der Waals surface area (Å²) >= 11 is 0. The maximum Gasteiger partial charge on any atom is 0.185 e. The van der Waals surface area contributed by atoms with Crippen molar-refractivity contribution in [1.29, 1.82) is 0 Å². The Balaban J connectivity index is 1.69. The van der Waals surface area contributed by atoms with Crippen LogP contribution in [0.15, 0.2) is 72.3 Å². The molecule has 0 saturated heterocycles. The number of hydrogen-bond acceptors (Lipinski definition) is 2. The third-order valence-corrected chi connectivity index (χ3v) is 3.92. The summed E-state index contributed by atoms with van der Waals surface area (Å²) in [7, 11) is 1.62. The predicted molar refractivity (Wildman–Crippen MR) is 88.4 cm³/mol. The molecule has 2 nitrogen and oxygen atoms in total. The van der Waals surface area contributed by atoms with Crippen molar-refractivity contribution < 1.29 is 9.53 Å². The van der Waals surface area contributed by atoms with Gasteiger partial charge in [0.25, 0.3) is 0 Å². The minimum atomic E-state index is 0.0161. The van der Waals surface area contributed by atoms with E-state index in [0.29, 0.717) is 5.56 Å². The Labute approximate surface area is 130 Å². The Morgan fingerprint density at radius 1 is 1.05 bits per heavy atom. The molecule has 0 heterocycles. The lowest BCUT2D eigenvalue weighted by atomic mass is 9.91. The first-order chi connectivity index (χ1) is 10.8. The first kappa shape index (κ1) is 14.3. The number of benzene rings is 2. The minimum Gasteiger partial charge on any atom is -0.497 e. The Morgan fingerprint density at radius 3 is 2.50 bits per heavy atom. The number of hydrogen-bond donors (Lipinski definition) is 0. The van der Waals surface area contributed by atoms with Crippen LogP contribution >= 0.6 is 0 Å². The number of carbonyl (C=O) groups is 1. The lowest BCUT2D eigenvalue weighted by Gasteiger charge is -2.14. The molecule has 0 N–H and O–H groups in total. The van der Waals surface area contributed by atoms with Crippen molar-refractivity contribution in [3.05, 3.63) is 89.0 Å². The summed E-state index contributed by atoms with van der Waals surface area (Å²) < 4.78 is 5.10. The highest BCUT2D eigenvalue weighted by Crippen LogP contribution is 2.21. The predicted octanol–water partition coefficient (Wildman–Crippen LogP) is 4.16. The van der Waals surface area contributed by atoms with Gasteiger partial charge in [-0.15, -0.1) is 0 Å². The average Bonchev–Trinajstić information content (AvgIpc) is 2.59. The molecular weight excluding hydrogens is 272 g/mol. The number of carbonyl (C=O) groups excluding carboxylic acids is 1. The second-order valence-electron chi connectivity index (χ2n) is 5.35. The van der Waals surface area contributed by atoms with E-state index in [2.05, 4.69) is 30.3 Å². The highest BCUT2D eigenvalue weighted by atomic mass is 16.5. The maximum absolute atomic E-state index is 12.2. The summed E-state index contributed by atoms with van der Waals surface area (Å²) in [4.78, 5) is 12.2. The highest BCUT2D eigenvalue weighted by Gasteiger charge is 2.09. The van der Waals surface area contributed by atoms with Crippen molar-refractivity contribution in [2.45, 2.75) is 12.8 Å². The first-order valence-electron chi connectivity index (χ1n) is 7.38. The van der Waals surface area contributed by atoms with E-state index in [1.807, 2.05) is 6.08 Å². The van der Waals surface area contributed by atoms with Gasteiger partial charge in [0.1, 0.15) is 5.75 Å². The zero-order valence-electron chi connectivity index (χ0n) is 12.6. The third kappa shape index (κ3) is 3.17. The Kier molecular flexibility index (Phi) is 4.19. The smallest absolute Gasteiger partial charge is 0.185 e. The molecule has 0 unspecified atom stereocenters. The normalized spacial score (nSPS) is 13.6. The van der Waals surface area contributed by atoms with Gasteiger partial charge < -0.3 is 4.74 Å². The number of rotatable bonds is 4. The molecule has 3 rings (SSSR count). The van der Waals surface area contributed by atoms with Crippen LogP contribution in [0.3, 0.4) is 0 Å². The second-order valence-corrected chi connectivity index (χ2v) is 5.35. The first-order valence-corrected chi connectivity index (χ1v) is 7.38. The van der Waals surface area contributed by atoms with Crippen LogP contribution in [0.5, 0.6) is 5.75 Å². The Bertz CT molecular complexity index is 737. The van der Waals surface area contributed by atoms with E-state index in [1.165, 1.54) is 16.7 Å². The second kappa shape index (κ2) is 6.44. The highest BCUT2D eigenvalue weighted by molar-refractivity contribution is 6.04. The summed E-state index contributed by atoms with van der Waals surface area (Å²) in [6, 6.07) is 15.6. The van der Waals surface area contributed by atoms with Crippen LogP contribution in [-0.2, 0) is 12.8 Å². The molecule has 0 aromatic heterocycles. The summed E-state index contributed by atoms with van der Waals surface area (Å²) in [5, 5.41) is 0. The van der Waals surface area contributed by atoms with Crippen LogP contribution < -0.4 is 4.74 Å². The van der Waals surface area contributed by atoms with E-state index < -0.39 is 0 Å². The summed E-state index contributed by atoms with van der Waals surface area (Å²) in [6.07, 6.45) is 7.61. The molecule has 0 spiro atoms. The molecule has 0 aliphatic heterocycles. The molecule has 1 aliphatic carbocycles. The SMILES string of the molecule is COc1ccc(C(=O)/C=C/C2=CCc3ccccc3C2)cc1. The van der Waals surface area contributed by atoms with Crippen LogP contribution in [0.1, 0.15) is 21.5 Å². The van der Waals surface area contributed by atoms with E-state index in [-0.39, 0.29) is 5.78 Å². The molecule has 22 heavy (non-hydrogen) atoms. The number of methoxy groups -OCH3 is 1. The van der Waals surface area contributed by atoms with E-state index in [1.54, 1.807) is 37.5 Å². The molecule has 0 saturated carbocycles. The van der Waals surface area contributed by atoms with Gasteiger partial charge in [-0.3, -0.25) is 4.79 Å². The molecule has 1 aliphatic rings. The topological polar surface area (TPSA) is 26.3 Å². The molecule has 0 fully saturated rings. The van der Waals surface area contributed by atoms with Gasteiger partial charge >= 0.3 is 0 Å². The van der Waals surface area contributed by atoms with Gasteiger partial charge in [-0.05, 0) is 59.9 Å². The van der Waals surface area contributed by atoms with Gasteiger partial charge in [0.2, 0.25) is 0 Å². The van der Waals surface area contributed by atoms with Crippen molar-refractivity contribution >= 4 is 5.78 Å². The summed E-state index contributed by atoms with van der Waals surface area (Å²) in [5.74, 6) is 0.773. The lowest BCUT2D eigenvalue weighted by Crippen LogP contribution is -2.02. The molecular formula is C20H18O2. The standard InChI is InChI=1S/C20H18O2/c1-22-19-11-9-17(10-12-19)20(21)13-7-15-6-8-16-4-2-3-5-18(16)14-15/h2-7,9-13H,8,14H2,1H3/b13-7+. The molecule has 2 aromatic rings. The molecule has 2 heteroatoms. The van der Waals surface area contributed by atoms with Crippen molar-refractivity contribution in [1.82, 2.24) is 0 Å². The number of ketones is 1. The zero-order valence-corrected chi connectivity index (χ0v) is 12.6. The van der Waals surface area contributed by atoms with Crippen LogP contribution in [0.4, 0.5) is 0 Å². The fourth-order valence-corrected chi connectivity index (χ4v) is 2.62. The average molecular weight is 290 g/mol. The van der Waals surface area contributed by atoms with Crippen LogP contribution in [-0.4, -0.2) is 12.9 Å². The number of fused-ring (bicyclic) bond motifs is 1. The van der Waals surface area contributed by atoms with Gasteiger partial charge in [-0.1, -0.05) is 36.4 Å². The molecule has 0 atom stereocenters. The van der Waals surface area contributed by atoms with Crippen molar-refractivity contribution in [3.8, 4) is 5.75 Å². The third-order valence-electron chi connectivity index (χ3n) is 3.92. The molecule has 0 bridgehead atoms. The van der Waals surface area contributed by atoms with E-state index in [9.17, 15) is 4.79 Å². The quantitative estimate of drug-likeness (QED) is 0.624. The zero-order chi connectivity index (χ0) is 15.4. The van der Waals surface area contributed by atoms with Gasteiger partial charge in [0.15, 0.2) is 5.78 Å². The largest absolute Gasteiger partial charge is 0.497 e. The van der Waals surface area contributed by atoms with Gasteiger partial charge in [0.05, 0.1) is 7.11 Å². The fourth-order valence-electron chi connectivity index (χ4n) is 2.62. The van der Waals surface area contributed by atoms with E-state index in [4.69, 9.17) is 4.74 Å². The van der Waals surface area contributed by atoms with Crippen LogP contribution in [0, 0.1) is 0 Å². The molecule has 0 amide bonds. The summed E-state index contributed by atoms with van der Waals surface area (Å²) in [6.45, 7) is 0. The van der Waals surface area contributed by atoms with E-state index >= 15 is 0 Å². The van der Waals surface area contributed by atoms with Crippen LogP contribution in [0.25, 0.3) is 0 Å². The molecule has 2 aromatic carbocycles. The fraction of sp³-hybridized carbons (Fsp3) is 0.150. The van der Waals surface area contributed by atoms with E-state index in [0.717, 1.165) is 18.6 Å². The van der Waals surface area contributed by atoms with Gasteiger partial charge in [-0.2, -0.15) is 0 Å². The Hall–Kier alpha value is -2.61. The monoisotopic (exact) mass is 290 g/mol. The van der Waals surface area contributed by atoms with Crippen molar-refractivity contribution in [2.24, 2.45) is 0 Å². The van der Waals surface area contributed by atoms with Gasteiger partial charge in [-0.25, -0.2) is 0 Å². The maximum atomic E-state index is 12.2. The summed E-state index contributed by atoms with van der Waals surface area (Å²) in [5.41, 5.74) is 4.59. The van der Waals surface area contributed by atoms with Crippen LogP contribution in [0.2, 0.25) is 0 Å². The van der Waals surface area contributed by atoms with Crippen molar-refractivity contribution in [3.63, 3.8) is 0 Å². The number of ether oxygens (including phenoxy) is 1. The Morgan fingerprint density at radius 2 is 1.77 bits per heavy atom. The lowest BCUT2D eigenvalue weighted by molar-refractivity contribution is 0.104. The molecule has 0 radical (unpaired) electrons.